The van der Waals surface area contributed by atoms with Crippen molar-refractivity contribution in [2.24, 2.45) is 0 Å². The van der Waals surface area contributed by atoms with Crippen molar-refractivity contribution in [3.05, 3.63) is 46.5 Å². The van der Waals surface area contributed by atoms with Gasteiger partial charge in [0, 0.05) is 73.9 Å². The van der Waals surface area contributed by atoms with E-state index in [1.54, 1.807) is 12.1 Å². The van der Waals surface area contributed by atoms with Crippen LogP contribution in [0.2, 0.25) is 0 Å². The SMILES string of the molecule is O.O.O=C(CCN1C(=O)C=CC1=O)NCCCOC(OCCCNC(=O)OCC(COCC(=O)N1C(=O)CCC1=O)OCC(=O)N1C(=O)CCC1=O)c1ccccc1Br. The molecule has 2 atom stereocenters. The molecule has 0 saturated carbocycles. The quantitative estimate of drug-likeness (QED) is 0.0719. The van der Waals surface area contributed by atoms with Gasteiger partial charge in [-0.2, -0.15) is 0 Å². The lowest BCUT2D eigenvalue weighted by Gasteiger charge is -2.21. The standard InChI is InChI=1S/C36H42BrN5O15.2H2O/c37-25-6-2-1-5-24(25)35(54-17-3-14-38-26(43)13-16-40-27(44)7-8-28(40)45)55-18-4-15-39-36(52)57-20-23(56-22-34(51)42-31(48)11-12-32(42)49)19-53-21-33(50)41-29(46)9-10-30(41)47;;/h1-2,5-8,23,35H,3-4,9-22H2,(H,38,43)(H,39,52);2*1H2. The monoisotopic (exact) mass is 899 g/mol. The predicted octanol–water partition coefficient (Wildman–Crippen LogP) is -1.48. The van der Waals surface area contributed by atoms with Crippen molar-refractivity contribution in [1.29, 1.82) is 0 Å². The van der Waals surface area contributed by atoms with Crippen molar-refractivity contribution < 1.29 is 82.6 Å². The molecular weight excluding hydrogens is 854 g/mol. The van der Waals surface area contributed by atoms with Gasteiger partial charge in [0.2, 0.25) is 29.5 Å². The highest BCUT2D eigenvalue weighted by molar-refractivity contribution is 9.10. The molecule has 10 amide bonds. The molecule has 3 heterocycles. The second-order valence-electron chi connectivity index (χ2n) is 12.6. The Morgan fingerprint density at radius 1 is 0.695 bits per heavy atom. The van der Waals surface area contributed by atoms with Gasteiger partial charge in [-0.1, -0.05) is 34.1 Å². The number of halogens is 1. The number of likely N-dealkylation sites (tertiary alicyclic amines) is 2. The van der Waals surface area contributed by atoms with Crippen molar-refractivity contribution in [3.63, 3.8) is 0 Å². The van der Waals surface area contributed by atoms with Crippen LogP contribution in [0.1, 0.15) is 56.8 Å². The highest BCUT2D eigenvalue weighted by Gasteiger charge is 2.36. The fourth-order valence-electron chi connectivity index (χ4n) is 5.46. The lowest BCUT2D eigenvalue weighted by atomic mass is 10.2. The van der Waals surface area contributed by atoms with Gasteiger partial charge in [-0.15, -0.1) is 0 Å². The summed E-state index contributed by atoms with van der Waals surface area (Å²) in [6, 6.07) is 7.25. The van der Waals surface area contributed by atoms with Gasteiger partial charge in [0.25, 0.3) is 23.6 Å². The zero-order valence-electron chi connectivity index (χ0n) is 31.8. The second kappa shape index (κ2) is 25.2. The van der Waals surface area contributed by atoms with Crippen LogP contribution in [-0.4, -0.2) is 150 Å². The highest BCUT2D eigenvalue weighted by atomic mass is 79.9. The summed E-state index contributed by atoms with van der Waals surface area (Å²) >= 11 is 3.48. The third-order valence-corrected chi connectivity index (χ3v) is 9.09. The van der Waals surface area contributed by atoms with Gasteiger partial charge in [-0.05, 0) is 18.9 Å². The summed E-state index contributed by atoms with van der Waals surface area (Å²) in [5.41, 5.74) is 0.702. The minimum atomic E-state index is -1.16. The fraction of sp³-hybridized carbons (Fsp3) is 0.500. The Kier molecular flexibility index (Phi) is 21.3. The van der Waals surface area contributed by atoms with Gasteiger partial charge in [0.05, 0.1) is 19.8 Å². The average molecular weight is 901 g/mol. The largest absolute Gasteiger partial charge is 0.447 e. The van der Waals surface area contributed by atoms with Gasteiger partial charge in [0.1, 0.15) is 25.9 Å². The molecule has 1 aromatic rings. The number of hydrogen-bond acceptors (Lipinski definition) is 15. The molecule has 0 bridgehead atoms. The average Bonchev–Trinajstić information content (AvgIpc) is 3.82. The number of hydrogen-bond donors (Lipinski definition) is 2. The summed E-state index contributed by atoms with van der Waals surface area (Å²) < 4.78 is 28.6. The number of nitrogens with zero attached hydrogens (tertiary/aromatic N) is 3. The van der Waals surface area contributed by atoms with Crippen LogP contribution in [0.5, 0.6) is 0 Å². The van der Waals surface area contributed by atoms with Crippen LogP contribution in [0.4, 0.5) is 4.79 Å². The summed E-state index contributed by atoms with van der Waals surface area (Å²) in [5.74, 6) is -5.73. The van der Waals surface area contributed by atoms with Gasteiger partial charge < -0.3 is 45.3 Å². The number of amides is 10. The smallest absolute Gasteiger partial charge is 0.407 e. The number of alkyl carbamates (subject to hydrolysis) is 1. The molecule has 324 valence electrons. The number of benzene rings is 1. The predicted molar refractivity (Wildman–Crippen MR) is 201 cm³/mol. The minimum absolute atomic E-state index is 0. The molecule has 3 aliphatic heterocycles. The van der Waals surface area contributed by atoms with Crippen LogP contribution in [0.25, 0.3) is 0 Å². The molecule has 0 aromatic heterocycles. The second-order valence-corrected chi connectivity index (χ2v) is 13.4. The van der Waals surface area contributed by atoms with Gasteiger partial charge in [0.15, 0.2) is 6.29 Å². The number of nitrogens with one attached hydrogen (secondary N) is 2. The molecule has 6 N–H and O–H groups in total. The molecule has 4 rings (SSSR count). The Morgan fingerprint density at radius 2 is 1.22 bits per heavy atom. The van der Waals surface area contributed by atoms with Crippen molar-refractivity contribution in [2.45, 2.75) is 57.3 Å². The lowest BCUT2D eigenvalue weighted by molar-refractivity contribution is -0.158. The third kappa shape index (κ3) is 15.4. The Morgan fingerprint density at radius 3 is 1.78 bits per heavy atom. The topological polar surface area (TPSA) is 314 Å². The first-order valence-electron chi connectivity index (χ1n) is 18.0. The summed E-state index contributed by atoms with van der Waals surface area (Å²) in [5, 5.41) is 5.26. The van der Waals surface area contributed by atoms with Crippen molar-refractivity contribution in [1.82, 2.24) is 25.3 Å². The van der Waals surface area contributed by atoms with E-state index in [1.165, 1.54) is 0 Å². The van der Waals surface area contributed by atoms with E-state index in [0.717, 1.165) is 21.5 Å². The molecule has 2 saturated heterocycles. The minimum Gasteiger partial charge on any atom is -0.447 e. The lowest BCUT2D eigenvalue weighted by Crippen LogP contribution is -2.41. The van der Waals surface area contributed by atoms with E-state index in [0.29, 0.717) is 28.2 Å². The van der Waals surface area contributed by atoms with E-state index < -0.39 is 92.2 Å². The molecule has 2 fully saturated rings. The third-order valence-electron chi connectivity index (χ3n) is 8.37. The molecule has 2 unspecified atom stereocenters. The summed E-state index contributed by atoms with van der Waals surface area (Å²) in [6.45, 7) is -1.65. The normalized spacial score (nSPS) is 15.9. The number of imide groups is 7. The molecular formula is C36H46BrN5O17. The summed E-state index contributed by atoms with van der Waals surface area (Å²) in [4.78, 5) is 122. The van der Waals surface area contributed by atoms with E-state index >= 15 is 0 Å². The van der Waals surface area contributed by atoms with E-state index in [2.05, 4.69) is 26.6 Å². The number of carbonyl (C=O) groups is 10. The van der Waals surface area contributed by atoms with E-state index in [4.69, 9.17) is 23.7 Å². The van der Waals surface area contributed by atoms with Gasteiger partial charge in [-0.3, -0.25) is 48.1 Å². The molecule has 1 aromatic carbocycles. The van der Waals surface area contributed by atoms with Crippen LogP contribution in [0, 0.1) is 0 Å². The number of rotatable bonds is 23. The Hall–Kier alpha value is -5.30. The zero-order valence-corrected chi connectivity index (χ0v) is 33.4. The maximum Gasteiger partial charge on any atom is 0.407 e. The van der Waals surface area contributed by atoms with Crippen LogP contribution < -0.4 is 10.6 Å². The molecule has 0 radical (unpaired) electrons. The molecule has 59 heavy (non-hydrogen) atoms. The van der Waals surface area contributed by atoms with E-state index in [9.17, 15) is 47.9 Å². The highest BCUT2D eigenvalue weighted by Crippen LogP contribution is 2.27. The Bertz CT molecular complexity index is 1710. The van der Waals surface area contributed by atoms with Crippen molar-refractivity contribution >= 4 is 75.2 Å². The molecule has 23 heteroatoms. The van der Waals surface area contributed by atoms with Crippen LogP contribution in [-0.2, 0) is 66.8 Å². The maximum atomic E-state index is 12.5. The van der Waals surface area contributed by atoms with Crippen molar-refractivity contribution in [2.75, 3.05) is 59.3 Å². The first kappa shape index (κ1) is 49.8. The maximum absolute atomic E-state index is 12.5. The Balaban J connectivity index is 0.00000600. The first-order valence-corrected chi connectivity index (χ1v) is 18.8. The van der Waals surface area contributed by atoms with Crippen LogP contribution in [0.3, 0.4) is 0 Å². The first-order chi connectivity index (χ1) is 27.3. The van der Waals surface area contributed by atoms with Crippen LogP contribution in [0.15, 0.2) is 40.9 Å². The zero-order chi connectivity index (χ0) is 41.3. The molecule has 0 spiro atoms. The summed E-state index contributed by atoms with van der Waals surface area (Å²) in [7, 11) is 0. The summed E-state index contributed by atoms with van der Waals surface area (Å²) in [6.07, 6.45) is -0.238. The molecule has 0 aliphatic carbocycles. The van der Waals surface area contributed by atoms with Gasteiger partial charge >= 0.3 is 6.09 Å². The van der Waals surface area contributed by atoms with E-state index in [1.807, 2.05) is 12.1 Å². The number of ether oxygens (including phenoxy) is 5. The molecule has 3 aliphatic rings. The van der Waals surface area contributed by atoms with E-state index in [-0.39, 0.29) is 81.8 Å². The van der Waals surface area contributed by atoms with Crippen LogP contribution >= 0.6 is 15.9 Å². The van der Waals surface area contributed by atoms with Gasteiger partial charge in [-0.25, -0.2) is 14.6 Å². The van der Waals surface area contributed by atoms with Crippen molar-refractivity contribution in [3.8, 4) is 0 Å². The number of carbonyl (C=O) groups excluding carboxylic acids is 10. The fourth-order valence-corrected chi connectivity index (χ4v) is 5.93. The molecule has 22 nitrogen and oxygen atoms in total. The Labute approximate surface area is 345 Å².